The van der Waals surface area contributed by atoms with Crippen molar-refractivity contribution in [2.45, 2.75) is 27.7 Å². The normalized spacial score (nSPS) is 8.96. The van der Waals surface area contributed by atoms with Gasteiger partial charge in [-0.1, -0.05) is 48.5 Å². The van der Waals surface area contributed by atoms with E-state index in [1.165, 1.54) is 22.3 Å². The van der Waals surface area contributed by atoms with E-state index in [0.29, 0.717) is 0 Å². The molecule has 0 atom stereocenters. The van der Waals surface area contributed by atoms with Gasteiger partial charge in [-0.25, -0.2) is 0 Å². The van der Waals surface area contributed by atoms with Crippen LogP contribution in [0.1, 0.15) is 22.3 Å². The van der Waals surface area contributed by atoms with Gasteiger partial charge < -0.3 is 0 Å². The molecule has 132 valence electrons. The monoisotopic (exact) mass is 470 g/mol. The second-order valence-corrected chi connectivity index (χ2v) is 5.51. The van der Waals surface area contributed by atoms with E-state index in [9.17, 15) is 0 Å². The van der Waals surface area contributed by atoms with E-state index in [0.717, 1.165) is 0 Å². The third-order valence-corrected chi connectivity index (χ3v) is 2.85. The highest BCUT2D eigenvalue weighted by Gasteiger charge is 1.85. The molecule has 7 heteroatoms. The second-order valence-electron chi connectivity index (χ2n) is 4.62. The number of aryl methyl sites for hydroxylation is 4. The third kappa shape index (κ3) is 17.5. The zero-order chi connectivity index (χ0) is 16.5. The molecule has 0 fully saturated rings. The van der Waals surface area contributed by atoms with Gasteiger partial charge >= 0.3 is 10.4 Å². The lowest BCUT2D eigenvalue weighted by atomic mass is 10.1. The van der Waals surface area contributed by atoms with Crippen LogP contribution >= 0.6 is 34.0 Å². The molecule has 0 unspecified atom stereocenters. The van der Waals surface area contributed by atoms with Crippen molar-refractivity contribution in [1.29, 1.82) is 0 Å². The van der Waals surface area contributed by atoms with Crippen LogP contribution in [0.15, 0.2) is 48.5 Å². The summed E-state index contributed by atoms with van der Waals surface area (Å²) < 4.78 is 31.6. The Hall–Kier alpha value is -0.730. The molecule has 0 aliphatic rings. The Bertz CT molecular complexity index is 565. The molecule has 0 saturated carbocycles. The van der Waals surface area contributed by atoms with E-state index >= 15 is 0 Å². The molecule has 0 aliphatic heterocycles. The van der Waals surface area contributed by atoms with Crippen LogP contribution in [-0.2, 0) is 10.4 Å². The SMILES string of the molecule is Br.Br.Cc1ccccc1C.Cc1ccccc1C.O=S(=O)(O)O. The van der Waals surface area contributed by atoms with Crippen LogP contribution in [0.4, 0.5) is 0 Å². The van der Waals surface area contributed by atoms with Crippen molar-refractivity contribution >= 4 is 44.4 Å². The molecule has 0 bridgehead atoms. The molecule has 0 radical (unpaired) electrons. The molecule has 0 saturated heterocycles. The van der Waals surface area contributed by atoms with Crippen molar-refractivity contribution in [1.82, 2.24) is 0 Å². The highest BCUT2D eigenvalue weighted by molar-refractivity contribution is 8.93. The molecular weight excluding hydrogens is 448 g/mol. The topological polar surface area (TPSA) is 74.6 Å². The second kappa shape index (κ2) is 13.7. The zero-order valence-corrected chi connectivity index (χ0v) is 17.8. The number of hydrogen-bond donors (Lipinski definition) is 2. The summed E-state index contributed by atoms with van der Waals surface area (Å²) in [6.07, 6.45) is 0. The molecule has 0 aromatic heterocycles. The predicted molar refractivity (Wildman–Crippen MR) is 107 cm³/mol. The minimum absolute atomic E-state index is 0. The fourth-order valence-corrected chi connectivity index (χ4v) is 1.33. The maximum atomic E-state index is 8.74. The summed E-state index contributed by atoms with van der Waals surface area (Å²) in [5, 5.41) is 0. The first-order chi connectivity index (χ1) is 9.61. The largest absolute Gasteiger partial charge is 0.394 e. The Balaban J connectivity index is -0.000000258. The fraction of sp³-hybridized carbons (Fsp3) is 0.250. The first-order valence-corrected chi connectivity index (χ1v) is 7.75. The summed E-state index contributed by atoms with van der Waals surface area (Å²) >= 11 is 0. The van der Waals surface area contributed by atoms with Crippen LogP contribution in [0.5, 0.6) is 0 Å². The van der Waals surface area contributed by atoms with Crippen molar-refractivity contribution in [2.24, 2.45) is 0 Å². The minimum atomic E-state index is -4.67. The quantitative estimate of drug-likeness (QED) is 0.523. The van der Waals surface area contributed by atoms with E-state index in [4.69, 9.17) is 17.5 Å². The van der Waals surface area contributed by atoms with Gasteiger partial charge in [0.15, 0.2) is 0 Å². The van der Waals surface area contributed by atoms with Crippen LogP contribution in [0.2, 0.25) is 0 Å². The molecule has 0 aliphatic carbocycles. The average molecular weight is 472 g/mol. The van der Waals surface area contributed by atoms with E-state index in [1.54, 1.807) is 0 Å². The number of halogens is 2. The lowest BCUT2D eigenvalue weighted by Crippen LogP contribution is -1.89. The molecule has 0 heterocycles. The Morgan fingerprint density at radius 3 is 0.826 bits per heavy atom. The first kappa shape index (κ1) is 27.1. The molecule has 2 aromatic carbocycles. The highest BCUT2D eigenvalue weighted by Crippen LogP contribution is 2.03. The van der Waals surface area contributed by atoms with Gasteiger partial charge in [0, 0.05) is 0 Å². The van der Waals surface area contributed by atoms with Crippen molar-refractivity contribution in [3.05, 3.63) is 70.8 Å². The Morgan fingerprint density at radius 2 is 0.739 bits per heavy atom. The number of benzene rings is 2. The standard InChI is InChI=1S/2C8H10.2BrH.H2O4S/c2*1-7-5-3-4-6-8(7)2;;;1-5(2,3)4/h2*3-6H,1-2H3;2*1H;(H2,1,2,3,4). The highest BCUT2D eigenvalue weighted by atomic mass is 79.9. The Morgan fingerprint density at radius 1 is 0.609 bits per heavy atom. The van der Waals surface area contributed by atoms with Crippen molar-refractivity contribution in [3.63, 3.8) is 0 Å². The van der Waals surface area contributed by atoms with Crippen molar-refractivity contribution in [3.8, 4) is 0 Å². The predicted octanol–water partition coefficient (Wildman–Crippen LogP) is 5.11. The van der Waals surface area contributed by atoms with Crippen LogP contribution in [0.25, 0.3) is 0 Å². The first-order valence-electron chi connectivity index (χ1n) is 6.35. The molecule has 0 amide bonds. The maximum Gasteiger partial charge on any atom is 0.394 e. The lowest BCUT2D eigenvalue weighted by Gasteiger charge is -1.93. The molecular formula is C16H24Br2O4S. The van der Waals surface area contributed by atoms with E-state index in [-0.39, 0.29) is 34.0 Å². The molecule has 2 rings (SSSR count). The van der Waals surface area contributed by atoms with Gasteiger partial charge in [-0.2, -0.15) is 8.42 Å². The average Bonchev–Trinajstić information content (AvgIpc) is 2.35. The summed E-state index contributed by atoms with van der Waals surface area (Å²) in [5.41, 5.74) is 5.47. The summed E-state index contributed by atoms with van der Waals surface area (Å²) in [7, 11) is -4.67. The van der Waals surface area contributed by atoms with Crippen LogP contribution in [-0.4, -0.2) is 17.5 Å². The lowest BCUT2D eigenvalue weighted by molar-refractivity contribution is 0.381. The summed E-state index contributed by atoms with van der Waals surface area (Å²) in [6, 6.07) is 16.7. The van der Waals surface area contributed by atoms with Crippen molar-refractivity contribution < 1.29 is 17.5 Å². The number of rotatable bonds is 0. The van der Waals surface area contributed by atoms with Gasteiger partial charge in [0.05, 0.1) is 0 Å². The third-order valence-electron chi connectivity index (χ3n) is 2.85. The number of hydrogen-bond acceptors (Lipinski definition) is 2. The molecule has 4 nitrogen and oxygen atoms in total. The van der Waals surface area contributed by atoms with Gasteiger partial charge in [-0.3, -0.25) is 9.11 Å². The molecule has 23 heavy (non-hydrogen) atoms. The van der Waals surface area contributed by atoms with Crippen molar-refractivity contribution in [2.75, 3.05) is 0 Å². The van der Waals surface area contributed by atoms with Crippen LogP contribution < -0.4 is 0 Å². The van der Waals surface area contributed by atoms with Crippen LogP contribution in [0, 0.1) is 27.7 Å². The fourth-order valence-electron chi connectivity index (χ4n) is 1.33. The van der Waals surface area contributed by atoms with E-state index in [2.05, 4.69) is 76.2 Å². The van der Waals surface area contributed by atoms with E-state index < -0.39 is 10.4 Å². The summed E-state index contributed by atoms with van der Waals surface area (Å²) in [4.78, 5) is 0. The summed E-state index contributed by atoms with van der Waals surface area (Å²) in [5.74, 6) is 0. The van der Waals surface area contributed by atoms with E-state index in [1.807, 2.05) is 0 Å². The van der Waals surface area contributed by atoms with Gasteiger partial charge in [0.25, 0.3) is 0 Å². The van der Waals surface area contributed by atoms with Crippen LogP contribution in [0.3, 0.4) is 0 Å². The molecule has 0 spiro atoms. The summed E-state index contributed by atoms with van der Waals surface area (Å²) in [6.45, 7) is 8.48. The van der Waals surface area contributed by atoms with Gasteiger partial charge in [0.1, 0.15) is 0 Å². The maximum absolute atomic E-state index is 8.74. The van der Waals surface area contributed by atoms with Gasteiger partial charge in [-0.15, -0.1) is 34.0 Å². The Kier molecular flexibility index (Phi) is 16.1. The zero-order valence-electron chi connectivity index (χ0n) is 13.6. The molecule has 2 aromatic rings. The van der Waals surface area contributed by atoms with Gasteiger partial charge in [0.2, 0.25) is 0 Å². The molecule has 2 N–H and O–H groups in total. The minimum Gasteiger partial charge on any atom is -0.264 e. The van der Waals surface area contributed by atoms with Gasteiger partial charge in [-0.05, 0) is 49.9 Å². The Labute approximate surface area is 160 Å². The smallest absolute Gasteiger partial charge is 0.264 e.